The van der Waals surface area contributed by atoms with Crippen LogP contribution in [0, 0.1) is 0 Å². The lowest BCUT2D eigenvalue weighted by atomic mass is 9.76. The highest BCUT2D eigenvalue weighted by molar-refractivity contribution is 6.06. The fraction of sp³-hybridized carbons (Fsp3) is 0.333. The zero-order chi connectivity index (χ0) is 37.4. The van der Waals surface area contributed by atoms with Crippen LogP contribution >= 0.6 is 0 Å². The second kappa shape index (κ2) is 12.3. The summed E-state index contributed by atoms with van der Waals surface area (Å²) in [6.07, 6.45) is 4.18. The number of H-pyrrole nitrogens is 2. The van der Waals surface area contributed by atoms with Crippen molar-refractivity contribution in [1.82, 2.24) is 19.9 Å². The number of rotatable bonds is 2. The number of benzene rings is 2. The summed E-state index contributed by atoms with van der Waals surface area (Å²) < 4.78 is 0. The molecule has 2 aliphatic heterocycles. The van der Waals surface area contributed by atoms with E-state index in [4.69, 9.17) is 9.97 Å². The molecule has 4 nitrogen and oxygen atoms in total. The van der Waals surface area contributed by atoms with Crippen molar-refractivity contribution in [3.63, 3.8) is 0 Å². The molecule has 5 aromatic rings. The minimum absolute atomic E-state index is 0.0410. The van der Waals surface area contributed by atoms with E-state index in [-0.39, 0.29) is 21.7 Å². The fourth-order valence-electron chi connectivity index (χ4n) is 6.93. The van der Waals surface area contributed by atoms with E-state index in [0.717, 1.165) is 56.0 Å². The Kier molecular flexibility index (Phi) is 8.40. The molecule has 0 spiro atoms. The van der Waals surface area contributed by atoms with Crippen molar-refractivity contribution in [3.05, 3.63) is 141 Å². The van der Waals surface area contributed by atoms with E-state index in [1.54, 1.807) is 0 Å². The van der Waals surface area contributed by atoms with Gasteiger partial charge in [0.15, 0.2) is 0 Å². The molecular weight excluding hydrogens is 633 g/mol. The van der Waals surface area contributed by atoms with Crippen LogP contribution in [0.2, 0.25) is 0 Å². The maximum absolute atomic E-state index is 5.54. The summed E-state index contributed by atoms with van der Waals surface area (Å²) in [5.41, 5.74) is 17.5. The molecule has 0 unspecified atom stereocenters. The van der Waals surface area contributed by atoms with E-state index in [0.29, 0.717) is 0 Å². The minimum atomic E-state index is -0.0421. The Morgan fingerprint density at radius 1 is 0.365 bits per heavy atom. The van der Waals surface area contributed by atoms with Crippen molar-refractivity contribution in [3.8, 4) is 0 Å². The second-order valence-electron chi connectivity index (χ2n) is 18.8. The van der Waals surface area contributed by atoms with Crippen molar-refractivity contribution in [2.45, 2.75) is 105 Å². The van der Waals surface area contributed by atoms with Crippen molar-refractivity contribution < 1.29 is 0 Å². The number of hydrogen-bond donors (Lipinski definition) is 2. The van der Waals surface area contributed by atoms with E-state index in [1.807, 2.05) is 0 Å². The average Bonchev–Trinajstić information content (AvgIpc) is 3.84. The van der Waals surface area contributed by atoms with Gasteiger partial charge in [-0.15, -0.1) is 0 Å². The standard InChI is InChI=1S/C48H54N4/c1-45(2,3)31-19-29(20-32(23-31)46(4,5)6)43-41-27-39-17-15-37(50-39)25-35-13-14-36(49-35)26-38-16-18-40(51-38)28-42(52-41)44(43)30-21-33(47(7,8)9)24-34(22-30)48(10,11)12/h13-28,49-50H,1-12H3. The van der Waals surface area contributed by atoms with Crippen LogP contribution in [0.4, 0.5) is 0 Å². The number of aromatic amines is 2. The quantitative estimate of drug-likeness (QED) is 0.190. The van der Waals surface area contributed by atoms with E-state index in [2.05, 4.69) is 190 Å². The van der Waals surface area contributed by atoms with E-state index in [9.17, 15) is 0 Å². The predicted molar refractivity (Wildman–Crippen MR) is 223 cm³/mol. The van der Waals surface area contributed by atoms with Crippen LogP contribution < -0.4 is 0 Å². The van der Waals surface area contributed by atoms with E-state index >= 15 is 0 Å². The molecule has 0 fully saturated rings. The average molecular weight is 687 g/mol. The van der Waals surface area contributed by atoms with Crippen molar-refractivity contribution in [2.24, 2.45) is 0 Å². The van der Waals surface area contributed by atoms with Gasteiger partial charge in [-0.25, -0.2) is 9.97 Å². The lowest BCUT2D eigenvalue weighted by molar-refractivity contribution is 0.567. The summed E-state index contributed by atoms with van der Waals surface area (Å²) in [6, 6.07) is 31.5. The minimum Gasteiger partial charge on any atom is -0.355 e. The first kappa shape index (κ1) is 35.4. The highest BCUT2D eigenvalue weighted by Crippen LogP contribution is 2.44. The molecule has 52 heavy (non-hydrogen) atoms. The molecule has 0 atom stereocenters. The van der Waals surface area contributed by atoms with E-state index < -0.39 is 0 Å². The molecule has 8 bridgehead atoms. The normalized spacial score (nSPS) is 14.0. The number of hydrogen-bond acceptors (Lipinski definition) is 2. The molecule has 0 aliphatic carbocycles. The summed E-state index contributed by atoms with van der Waals surface area (Å²) in [5, 5.41) is 0. The molecule has 5 heterocycles. The molecule has 266 valence electrons. The van der Waals surface area contributed by atoms with Crippen molar-refractivity contribution in [1.29, 1.82) is 0 Å². The van der Waals surface area contributed by atoms with Gasteiger partial charge in [-0.05, 0) is 116 Å². The molecule has 0 saturated heterocycles. The van der Waals surface area contributed by atoms with Gasteiger partial charge in [0.2, 0.25) is 0 Å². The van der Waals surface area contributed by atoms with Crippen LogP contribution in [-0.2, 0) is 21.7 Å². The Morgan fingerprint density at radius 3 is 1.12 bits per heavy atom. The predicted octanol–water partition coefficient (Wildman–Crippen LogP) is 12.7. The third-order valence-corrected chi connectivity index (χ3v) is 10.2. The molecule has 0 amide bonds. The van der Waals surface area contributed by atoms with Gasteiger partial charge in [0.1, 0.15) is 0 Å². The van der Waals surface area contributed by atoms with Gasteiger partial charge in [0, 0.05) is 33.2 Å². The highest BCUT2D eigenvalue weighted by Gasteiger charge is 2.29. The smallest absolute Gasteiger partial charge is 0.0744 e. The first-order valence-corrected chi connectivity index (χ1v) is 18.6. The van der Waals surface area contributed by atoms with Crippen LogP contribution in [0.1, 0.15) is 139 Å². The molecule has 2 N–H and O–H groups in total. The Hall–Kier alpha value is -4.96. The summed E-state index contributed by atoms with van der Waals surface area (Å²) in [5.74, 6) is 0. The van der Waals surface area contributed by atoms with Crippen LogP contribution in [0.5, 0.6) is 0 Å². The SMILES string of the molecule is CC(C)(C)c1cc(C2=C(c3cc(C(C)(C)C)cc(C(C)(C)C)c3)c3cc4ccc(cc5ccc(cc6nc(cc2n3)C=C6)[nH]5)[nH]4)cc(C(C)(C)C)c1. The zero-order valence-corrected chi connectivity index (χ0v) is 33.1. The Balaban J connectivity index is 1.67. The van der Waals surface area contributed by atoms with Gasteiger partial charge in [0.25, 0.3) is 0 Å². The third-order valence-electron chi connectivity index (χ3n) is 10.2. The summed E-state index contributed by atoms with van der Waals surface area (Å²) in [7, 11) is 0. The maximum Gasteiger partial charge on any atom is 0.0744 e. The molecule has 0 radical (unpaired) electrons. The topological polar surface area (TPSA) is 57.4 Å². The van der Waals surface area contributed by atoms with Crippen LogP contribution in [0.25, 0.3) is 45.4 Å². The van der Waals surface area contributed by atoms with E-state index in [1.165, 1.54) is 33.4 Å². The monoisotopic (exact) mass is 686 g/mol. The molecule has 4 heteroatoms. The van der Waals surface area contributed by atoms with Crippen LogP contribution in [0.15, 0.2) is 84.9 Å². The first-order chi connectivity index (χ1) is 24.2. The number of nitrogens with one attached hydrogen (secondary N) is 2. The van der Waals surface area contributed by atoms with Crippen LogP contribution in [-0.4, -0.2) is 19.9 Å². The van der Waals surface area contributed by atoms with Gasteiger partial charge in [-0.2, -0.15) is 0 Å². The molecule has 7 rings (SSSR count). The number of fused-ring (bicyclic) bond motifs is 8. The summed E-state index contributed by atoms with van der Waals surface area (Å²) in [4.78, 5) is 17.8. The molecular formula is C48H54N4. The lowest BCUT2D eigenvalue weighted by Gasteiger charge is -2.28. The summed E-state index contributed by atoms with van der Waals surface area (Å²) >= 11 is 0. The summed E-state index contributed by atoms with van der Waals surface area (Å²) in [6.45, 7) is 27.7. The largest absolute Gasteiger partial charge is 0.355 e. The zero-order valence-electron chi connectivity index (χ0n) is 33.1. The Labute approximate surface area is 310 Å². The Morgan fingerprint density at radius 2 is 0.712 bits per heavy atom. The molecule has 3 aromatic heterocycles. The number of aromatic nitrogens is 4. The molecule has 0 saturated carbocycles. The maximum atomic E-state index is 5.54. The molecule has 2 aromatic carbocycles. The van der Waals surface area contributed by atoms with Gasteiger partial charge in [-0.3, -0.25) is 0 Å². The lowest BCUT2D eigenvalue weighted by Crippen LogP contribution is -2.17. The van der Waals surface area contributed by atoms with Crippen molar-refractivity contribution in [2.75, 3.05) is 0 Å². The molecule has 2 aliphatic rings. The highest BCUT2D eigenvalue weighted by atomic mass is 14.8. The first-order valence-electron chi connectivity index (χ1n) is 18.6. The third kappa shape index (κ3) is 7.21. The fourth-order valence-corrected chi connectivity index (χ4v) is 6.93. The van der Waals surface area contributed by atoms with Gasteiger partial charge in [-0.1, -0.05) is 119 Å². The second-order valence-corrected chi connectivity index (χ2v) is 18.8. The van der Waals surface area contributed by atoms with Gasteiger partial charge in [0.05, 0.1) is 22.8 Å². The van der Waals surface area contributed by atoms with Crippen molar-refractivity contribution >= 4 is 45.4 Å². The number of nitrogens with zero attached hydrogens (tertiary/aromatic N) is 2. The Bertz CT molecular complexity index is 2370. The van der Waals surface area contributed by atoms with Crippen LogP contribution in [0.3, 0.4) is 0 Å². The van der Waals surface area contributed by atoms with Gasteiger partial charge < -0.3 is 9.97 Å². The van der Waals surface area contributed by atoms with Gasteiger partial charge >= 0.3 is 0 Å².